The number of aromatic amines is 3. The van der Waals surface area contributed by atoms with Crippen LogP contribution in [0.25, 0.3) is 0 Å². The number of aromatic hydroxyl groups is 3. The van der Waals surface area contributed by atoms with Gasteiger partial charge in [0.1, 0.15) is 17.2 Å². The molecular formula is C83H121N3O6. The Morgan fingerprint density at radius 1 is 0.359 bits per heavy atom. The Balaban J connectivity index is 0.000000196. The predicted octanol–water partition coefficient (Wildman–Crippen LogP) is 21.7. The van der Waals surface area contributed by atoms with E-state index in [-0.39, 0.29) is 66.6 Å². The van der Waals surface area contributed by atoms with Crippen LogP contribution in [0.2, 0.25) is 0 Å². The summed E-state index contributed by atoms with van der Waals surface area (Å²) in [4.78, 5) is 50.2. The second-order valence-corrected chi connectivity index (χ2v) is 36.4. The number of hydrogen-bond donors (Lipinski definition) is 6. The molecule has 0 atom stereocenters. The number of aryl methyl sites for hydroxylation is 3. The normalized spacial score (nSPS) is 15.3. The molecule has 9 heteroatoms. The van der Waals surface area contributed by atoms with Gasteiger partial charge in [0.2, 0.25) is 0 Å². The van der Waals surface area contributed by atoms with Crippen molar-refractivity contribution >= 4 is 17.3 Å². The van der Waals surface area contributed by atoms with Crippen LogP contribution < -0.4 is 0 Å². The first kappa shape index (κ1) is 73.3. The van der Waals surface area contributed by atoms with Crippen molar-refractivity contribution in [1.29, 1.82) is 0 Å². The number of H-pyrrole nitrogens is 3. The first-order chi connectivity index (χ1) is 42.0. The van der Waals surface area contributed by atoms with Crippen molar-refractivity contribution < 1.29 is 29.7 Å². The maximum Gasteiger partial charge on any atom is 0.179 e. The molecule has 6 aromatic rings. The van der Waals surface area contributed by atoms with Crippen molar-refractivity contribution in [2.75, 3.05) is 0 Å². The van der Waals surface area contributed by atoms with E-state index in [0.29, 0.717) is 73.5 Å². The average molecular weight is 1260 g/mol. The molecule has 0 unspecified atom stereocenters. The van der Waals surface area contributed by atoms with Crippen molar-refractivity contribution in [3.8, 4) is 17.2 Å². The number of carbonyl (C=O) groups is 3. The summed E-state index contributed by atoms with van der Waals surface area (Å²) in [5.41, 5.74) is 17.6. The van der Waals surface area contributed by atoms with Crippen molar-refractivity contribution in [3.05, 3.63) is 156 Å². The number of Topliss-reactive ketones (excluding diaryl/α,β-unsaturated/α-hetero) is 3. The maximum atomic E-state index is 13.4. The summed E-state index contributed by atoms with van der Waals surface area (Å²) in [7, 11) is 0. The molecule has 3 saturated carbocycles. The summed E-state index contributed by atoms with van der Waals surface area (Å²) >= 11 is 0. The van der Waals surface area contributed by atoms with E-state index in [1.807, 2.05) is 0 Å². The van der Waals surface area contributed by atoms with Crippen LogP contribution in [0, 0.1) is 0 Å². The number of benzene rings is 3. The van der Waals surface area contributed by atoms with Gasteiger partial charge in [-0.05, 0) is 204 Å². The summed E-state index contributed by atoms with van der Waals surface area (Å²) in [6, 6.07) is 19.2. The predicted molar refractivity (Wildman–Crippen MR) is 384 cm³/mol. The molecule has 9 nitrogen and oxygen atoms in total. The van der Waals surface area contributed by atoms with Crippen LogP contribution in [0.1, 0.15) is 377 Å². The third-order valence-corrected chi connectivity index (χ3v) is 19.0. The van der Waals surface area contributed by atoms with Crippen molar-refractivity contribution in [2.45, 2.75) is 324 Å². The molecule has 0 aliphatic heterocycles. The summed E-state index contributed by atoms with van der Waals surface area (Å²) in [6.07, 6.45) is 10.8. The minimum Gasteiger partial charge on any atom is -0.507 e. The van der Waals surface area contributed by atoms with Gasteiger partial charge in [0.25, 0.3) is 0 Å². The van der Waals surface area contributed by atoms with Crippen LogP contribution in [0.3, 0.4) is 0 Å². The topological polar surface area (TPSA) is 159 Å². The van der Waals surface area contributed by atoms with E-state index < -0.39 is 0 Å². The number of aromatic nitrogens is 3. The second kappa shape index (κ2) is 26.6. The van der Waals surface area contributed by atoms with Gasteiger partial charge in [0.05, 0.1) is 17.1 Å². The Hall–Kier alpha value is -6.09. The molecule has 3 heterocycles. The molecule has 3 aliphatic rings. The zero-order valence-electron chi connectivity index (χ0n) is 62.1. The van der Waals surface area contributed by atoms with Gasteiger partial charge in [-0.15, -0.1) is 0 Å². The van der Waals surface area contributed by atoms with E-state index in [4.69, 9.17) is 0 Å². The summed E-state index contributed by atoms with van der Waals surface area (Å²) < 4.78 is 0. The molecule has 0 saturated heterocycles. The van der Waals surface area contributed by atoms with Crippen LogP contribution in [0.15, 0.2) is 54.6 Å². The molecule has 3 aliphatic carbocycles. The Morgan fingerprint density at radius 3 is 0.978 bits per heavy atom. The molecule has 504 valence electrons. The monoisotopic (exact) mass is 1260 g/mol. The van der Waals surface area contributed by atoms with Crippen molar-refractivity contribution in [1.82, 2.24) is 15.0 Å². The molecule has 0 spiro atoms. The fourth-order valence-electron chi connectivity index (χ4n) is 12.6. The van der Waals surface area contributed by atoms with Crippen LogP contribution in [0.5, 0.6) is 17.2 Å². The van der Waals surface area contributed by atoms with Gasteiger partial charge < -0.3 is 30.3 Å². The van der Waals surface area contributed by atoms with Gasteiger partial charge in [0, 0.05) is 41.8 Å². The zero-order valence-corrected chi connectivity index (χ0v) is 62.1. The molecule has 9 rings (SSSR count). The quantitative estimate of drug-likeness (QED) is 0.0529. The highest BCUT2D eigenvalue weighted by Crippen LogP contribution is 2.48. The average Bonchev–Trinajstić information content (AvgIpc) is 1.50. The molecule has 3 aromatic carbocycles. The fourth-order valence-corrected chi connectivity index (χ4v) is 12.6. The van der Waals surface area contributed by atoms with Gasteiger partial charge >= 0.3 is 0 Å². The number of hydrogen-bond acceptors (Lipinski definition) is 6. The zero-order chi connectivity index (χ0) is 69.1. The number of rotatable bonds is 16. The van der Waals surface area contributed by atoms with E-state index in [9.17, 15) is 29.7 Å². The van der Waals surface area contributed by atoms with Gasteiger partial charge in [-0.2, -0.15) is 0 Å². The number of phenols is 3. The van der Waals surface area contributed by atoms with Gasteiger partial charge in [-0.1, -0.05) is 216 Å². The molecular weight excluding hydrogens is 1130 g/mol. The molecule has 0 bridgehead atoms. The largest absolute Gasteiger partial charge is 0.507 e. The third-order valence-electron chi connectivity index (χ3n) is 19.0. The molecule has 3 aromatic heterocycles. The molecule has 6 N–H and O–H groups in total. The van der Waals surface area contributed by atoms with Crippen LogP contribution in [-0.2, 0) is 62.6 Å². The van der Waals surface area contributed by atoms with Crippen LogP contribution in [-0.4, -0.2) is 47.6 Å². The fraction of sp³-hybridized carbons (Fsp3) is 0.602. The minimum atomic E-state index is -0.176. The van der Waals surface area contributed by atoms with E-state index in [1.165, 1.54) is 55.5 Å². The lowest BCUT2D eigenvalue weighted by Crippen LogP contribution is -2.18. The molecule has 3 fully saturated rings. The van der Waals surface area contributed by atoms with E-state index in [2.05, 4.69) is 250 Å². The van der Waals surface area contributed by atoms with Crippen molar-refractivity contribution in [3.63, 3.8) is 0 Å². The Kier molecular flexibility index (Phi) is 21.2. The lowest BCUT2D eigenvalue weighted by molar-refractivity contribution is 0.0968. The molecule has 0 amide bonds. The van der Waals surface area contributed by atoms with Gasteiger partial charge in [-0.3, -0.25) is 14.4 Å². The minimum absolute atomic E-state index is 0.0429. The second-order valence-electron chi connectivity index (χ2n) is 36.4. The first-order valence-electron chi connectivity index (χ1n) is 34.9. The van der Waals surface area contributed by atoms with E-state index in [0.717, 1.165) is 84.0 Å². The Morgan fingerprint density at radius 2 is 0.652 bits per heavy atom. The van der Waals surface area contributed by atoms with Gasteiger partial charge in [-0.25, -0.2) is 0 Å². The van der Waals surface area contributed by atoms with E-state index >= 15 is 0 Å². The highest BCUT2D eigenvalue weighted by atomic mass is 16.3. The number of nitrogens with one attached hydrogen (secondary N) is 3. The van der Waals surface area contributed by atoms with Crippen molar-refractivity contribution in [2.24, 2.45) is 0 Å². The highest BCUT2D eigenvalue weighted by Gasteiger charge is 2.36. The van der Waals surface area contributed by atoms with Crippen LogP contribution in [0.4, 0.5) is 0 Å². The number of ketones is 3. The SMILES string of the molecule is CC(C)(C)c1cc(C(C)(C)C)c(C(=O)CCc2cc(C(C)(C)C)c(O)c(C(C)(C)C)c2)[nH]1.CC(C)(C)c1cc(C2CC2)[nH]c1C(=O)CCc1cc(C(C)(C)C)c(O)c(C(C)(C)C)c1.CC(C)c1cc(CCC(=O)c2[nH]c(C3CC3)cc2C2CC2)cc(C(C)(C)C)c1O. The first-order valence-corrected chi connectivity index (χ1v) is 34.9. The standard InChI is InChI=1S/C29H45NO2.C28H41NO2.C26H35NO2/c1-26(2,3)19-17-23(29(10,11)12)30-24(19)22(31)14-13-18-15-20(27(4,5)6)25(32)21(16-18)28(7,8)9;1-26(2,3)19-16-22(18-11-12-18)29-24(19)23(30)13-10-17-14-20(27(4,5)6)25(31)21(15-17)28(7,8)9;1-15(2)19-12-16(13-21(25(19)29)26(3,4)5)6-11-23(28)24-20(17-7-8-17)14-22(27-24)18-9-10-18/h15-17,30,32H,13-14H2,1-12H3;14-16,18,29,31H,10-13H2,1-9H3;12-15,17-18,27,29H,6-11H2,1-5H3. The third kappa shape index (κ3) is 18.2. The number of phenolic OH excluding ortho intramolecular Hbond substituents is 3. The smallest absolute Gasteiger partial charge is 0.179 e. The molecule has 0 radical (unpaired) electrons. The Labute approximate surface area is 556 Å². The lowest BCUT2D eigenvalue weighted by Gasteiger charge is -2.28. The van der Waals surface area contributed by atoms with Crippen LogP contribution >= 0.6 is 0 Å². The van der Waals surface area contributed by atoms with Gasteiger partial charge in [0.15, 0.2) is 17.3 Å². The maximum absolute atomic E-state index is 13.4. The lowest BCUT2D eigenvalue weighted by atomic mass is 9.78. The summed E-state index contributed by atoms with van der Waals surface area (Å²) in [5, 5.41) is 32.7. The molecule has 92 heavy (non-hydrogen) atoms. The number of carbonyl (C=O) groups excluding carboxylic acids is 3. The highest BCUT2D eigenvalue weighted by molar-refractivity contribution is 5.98. The summed E-state index contributed by atoms with van der Waals surface area (Å²) in [6.45, 7) is 55.5. The van der Waals surface area contributed by atoms with E-state index in [1.54, 1.807) is 0 Å². The summed E-state index contributed by atoms with van der Waals surface area (Å²) in [5.74, 6) is 3.83. The Bertz CT molecular complexity index is 3560.